The molecule has 0 aliphatic rings. The largest absolute Gasteiger partial charge is 0.383 e. The summed E-state index contributed by atoms with van der Waals surface area (Å²) in [7, 11) is 0. The minimum absolute atomic E-state index is 0.634. The predicted octanol–water partition coefficient (Wildman–Crippen LogP) is 2.70. The Hall–Kier alpha value is -1.05. The lowest BCUT2D eigenvalue weighted by Crippen LogP contribution is -1.94. The second-order valence-corrected chi connectivity index (χ2v) is 2.85. The number of aromatic nitrogens is 1. The highest BCUT2D eigenvalue weighted by molar-refractivity contribution is 5.42. The van der Waals surface area contributed by atoms with Crippen LogP contribution in [0.4, 0.5) is 5.82 Å². The van der Waals surface area contributed by atoms with E-state index in [1.165, 1.54) is 12.0 Å². The van der Waals surface area contributed by atoms with Gasteiger partial charge in [0.15, 0.2) is 0 Å². The molecule has 0 saturated heterocycles. The molecule has 0 saturated carbocycles. The highest BCUT2D eigenvalue weighted by Crippen LogP contribution is 2.09. The number of aryl methyl sites for hydroxylation is 1. The van der Waals surface area contributed by atoms with Gasteiger partial charge < -0.3 is 5.73 Å². The van der Waals surface area contributed by atoms with Crippen molar-refractivity contribution in [1.29, 1.82) is 0 Å². The van der Waals surface area contributed by atoms with Gasteiger partial charge in [-0.2, -0.15) is 0 Å². The molecule has 68 valence electrons. The lowest BCUT2D eigenvalue weighted by atomic mass is 10.2. The summed E-state index contributed by atoms with van der Waals surface area (Å²) < 4.78 is 0. The summed E-state index contributed by atoms with van der Waals surface area (Å²) in [5.41, 5.74) is 7.79. The van der Waals surface area contributed by atoms with Gasteiger partial charge in [0.1, 0.15) is 5.82 Å². The lowest BCUT2D eigenvalue weighted by molar-refractivity contribution is 1.09. The molecule has 2 nitrogen and oxygen atoms in total. The van der Waals surface area contributed by atoms with E-state index in [2.05, 4.69) is 18.8 Å². The second-order valence-electron chi connectivity index (χ2n) is 2.85. The molecular weight excluding hydrogens is 148 g/mol. The second kappa shape index (κ2) is 5.58. The van der Waals surface area contributed by atoms with Gasteiger partial charge in [-0.15, -0.1) is 0 Å². The number of pyridine rings is 1. The minimum Gasteiger partial charge on any atom is -0.383 e. The van der Waals surface area contributed by atoms with E-state index in [9.17, 15) is 0 Å². The van der Waals surface area contributed by atoms with E-state index < -0.39 is 0 Å². The van der Waals surface area contributed by atoms with Crippen LogP contribution in [0.2, 0.25) is 0 Å². The molecule has 0 fully saturated rings. The predicted molar refractivity (Wildman–Crippen MR) is 54.1 cm³/mol. The summed E-state index contributed by atoms with van der Waals surface area (Å²) in [6, 6.07) is 1.95. The quantitative estimate of drug-likeness (QED) is 0.643. The van der Waals surface area contributed by atoms with Crippen molar-refractivity contribution in [2.45, 2.75) is 34.1 Å². The van der Waals surface area contributed by atoms with Crippen LogP contribution in [0.1, 0.15) is 31.4 Å². The smallest absolute Gasteiger partial charge is 0.126 e. The van der Waals surface area contributed by atoms with Gasteiger partial charge >= 0.3 is 0 Å². The Balaban J connectivity index is 0.000000354. The molecule has 0 bridgehead atoms. The molecule has 2 heteroatoms. The third kappa shape index (κ3) is 3.37. The number of nitrogens with zero attached hydrogens (tertiary/aromatic N) is 1. The Morgan fingerprint density at radius 3 is 2.17 bits per heavy atom. The Bertz CT molecular complexity index is 211. The lowest BCUT2D eigenvalue weighted by Gasteiger charge is -1.99. The van der Waals surface area contributed by atoms with Gasteiger partial charge in [-0.1, -0.05) is 20.3 Å². The van der Waals surface area contributed by atoms with Gasteiger partial charge in [-0.25, -0.2) is 4.98 Å². The maximum Gasteiger partial charge on any atom is 0.126 e. The van der Waals surface area contributed by atoms with Gasteiger partial charge in [-0.05, 0) is 31.0 Å². The van der Waals surface area contributed by atoms with Crippen molar-refractivity contribution in [3.63, 3.8) is 0 Å². The van der Waals surface area contributed by atoms with E-state index in [0.717, 1.165) is 5.56 Å². The standard InChI is InChI=1S/C7H10N2.C3H8/c1-5-3-4-9-7(8)6(5)2;1-3-2/h3-4H,1-2H3,(H2,8,9);3H2,1-2H3. The van der Waals surface area contributed by atoms with Crippen LogP contribution < -0.4 is 5.73 Å². The molecule has 0 aliphatic carbocycles. The summed E-state index contributed by atoms with van der Waals surface area (Å²) in [5, 5.41) is 0. The van der Waals surface area contributed by atoms with Gasteiger partial charge in [0.2, 0.25) is 0 Å². The topological polar surface area (TPSA) is 38.9 Å². The zero-order valence-electron chi connectivity index (χ0n) is 8.39. The first-order chi connectivity index (χ1) is 5.63. The van der Waals surface area contributed by atoms with Crippen molar-refractivity contribution < 1.29 is 0 Å². The van der Waals surface area contributed by atoms with Crippen molar-refractivity contribution >= 4 is 5.82 Å². The molecule has 12 heavy (non-hydrogen) atoms. The average Bonchev–Trinajstić information content (AvgIpc) is 2.02. The summed E-state index contributed by atoms with van der Waals surface area (Å²) in [6.07, 6.45) is 2.97. The number of nitrogen functional groups attached to an aromatic ring is 1. The van der Waals surface area contributed by atoms with Crippen molar-refractivity contribution in [2.75, 3.05) is 5.73 Å². The first-order valence-corrected chi connectivity index (χ1v) is 4.31. The molecule has 0 unspecified atom stereocenters. The first kappa shape index (κ1) is 11.0. The third-order valence-corrected chi connectivity index (χ3v) is 1.51. The van der Waals surface area contributed by atoms with Crippen molar-refractivity contribution in [3.05, 3.63) is 23.4 Å². The monoisotopic (exact) mass is 166 g/mol. The number of hydrogen-bond acceptors (Lipinski definition) is 2. The zero-order chi connectivity index (χ0) is 9.56. The summed E-state index contributed by atoms with van der Waals surface area (Å²) in [4.78, 5) is 3.92. The molecule has 0 aliphatic heterocycles. The fraction of sp³-hybridized carbons (Fsp3) is 0.500. The van der Waals surface area contributed by atoms with E-state index in [1.807, 2.05) is 19.9 Å². The van der Waals surface area contributed by atoms with Gasteiger partial charge in [0.25, 0.3) is 0 Å². The van der Waals surface area contributed by atoms with Crippen LogP contribution in [-0.2, 0) is 0 Å². The molecular formula is C10H18N2. The number of hydrogen-bond donors (Lipinski definition) is 1. The molecule has 1 rings (SSSR count). The van der Waals surface area contributed by atoms with Crippen LogP contribution in [0.3, 0.4) is 0 Å². The van der Waals surface area contributed by atoms with Crippen molar-refractivity contribution in [3.8, 4) is 0 Å². The van der Waals surface area contributed by atoms with Crippen LogP contribution in [0.25, 0.3) is 0 Å². The minimum atomic E-state index is 0.634. The van der Waals surface area contributed by atoms with Crippen molar-refractivity contribution in [1.82, 2.24) is 4.98 Å². The van der Waals surface area contributed by atoms with Crippen LogP contribution in [0.15, 0.2) is 12.3 Å². The van der Waals surface area contributed by atoms with Crippen LogP contribution in [-0.4, -0.2) is 4.98 Å². The van der Waals surface area contributed by atoms with Crippen LogP contribution >= 0.6 is 0 Å². The van der Waals surface area contributed by atoms with Gasteiger partial charge in [-0.3, -0.25) is 0 Å². The third-order valence-electron chi connectivity index (χ3n) is 1.51. The Kier molecular flexibility index (Phi) is 5.09. The molecule has 1 aromatic heterocycles. The number of rotatable bonds is 0. The van der Waals surface area contributed by atoms with Crippen LogP contribution in [0.5, 0.6) is 0 Å². The van der Waals surface area contributed by atoms with Crippen molar-refractivity contribution in [2.24, 2.45) is 0 Å². The fourth-order valence-electron chi connectivity index (χ4n) is 0.653. The van der Waals surface area contributed by atoms with Crippen LogP contribution in [0, 0.1) is 13.8 Å². The van der Waals surface area contributed by atoms with E-state index >= 15 is 0 Å². The summed E-state index contributed by atoms with van der Waals surface area (Å²) >= 11 is 0. The molecule has 0 radical (unpaired) electrons. The fourth-order valence-corrected chi connectivity index (χ4v) is 0.653. The molecule has 1 heterocycles. The van der Waals surface area contributed by atoms with E-state index in [1.54, 1.807) is 6.20 Å². The van der Waals surface area contributed by atoms with Gasteiger partial charge in [0.05, 0.1) is 0 Å². The summed E-state index contributed by atoms with van der Waals surface area (Å²) in [6.45, 7) is 8.24. The highest BCUT2D eigenvalue weighted by atomic mass is 14.8. The average molecular weight is 166 g/mol. The molecule has 0 atom stereocenters. The Labute approximate surface area is 74.8 Å². The Morgan fingerprint density at radius 1 is 1.33 bits per heavy atom. The van der Waals surface area contributed by atoms with E-state index in [0.29, 0.717) is 5.82 Å². The van der Waals surface area contributed by atoms with E-state index in [-0.39, 0.29) is 0 Å². The molecule has 1 aromatic rings. The number of nitrogens with two attached hydrogens (primary N) is 1. The maximum absolute atomic E-state index is 5.51. The van der Waals surface area contributed by atoms with Gasteiger partial charge in [0, 0.05) is 6.20 Å². The molecule has 0 amide bonds. The Morgan fingerprint density at radius 2 is 1.83 bits per heavy atom. The molecule has 0 spiro atoms. The SMILES string of the molecule is CCC.Cc1ccnc(N)c1C. The normalized spacial score (nSPS) is 8.67. The molecule has 0 aromatic carbocycles. The summed E-state index contributed by atoms with van der Waals surface area (Å²) in [5.74, 6) is 0.634. The number of anilines is 1. The molecule has 2 N–H and O–H groups in total. The zero-order valence-corrected chi connectivity index (χ0v) is 8.39. The van der Waals surface area contributed by atoms with E-state index in [4.69, 9.17) is 5.73 Å². The first-order valence-electron chi connectivity index (χ1n) is 4.31. The maximum atomic E-state index is 5.51. The highest BCUT2D eigenvalue weighted by Gasteiger charge is 1.94.